The fourth-order valence-corrected chi connectivity index (χ4v) is 2.05. The highest BCUT2D eigenvalue weighted by atomic mass is 16.5. The molecule has 1 aromatic carbocycles. The van der Waals surface area contributed by atoms with Gasteiger partial charge in [-0.05, 0) is 49.8 Å². The van der Waals surface area contributed by atoms with Crippen molar-refractivity contribution < 1.29 is 9.84 Å². The van der Waals surface area contributed by atoms with Gasteiger partial charge in [0.05, 0.1) is 7.11 Å². The minimum absolute atomic E-state index is 0.210. The summed E-state index contributed by atoms with van der Waals surface area (Å²) in [7, 11) is 1.58. The topological polar surface area (TPSA) is 29.5 Å². The van der Waals surface area contributed by atoms with Gasteiger partial charge in [0.25, 0.3) is 0 Å². The Morgan fingerprint density at radius 2 is 1.84 bits per heavy atom. The monoisotopic (exact) mass is 262 g/mol. The van der Waals surface area contributed by atoms with Crippen LogP contribution in [0, 0.1) is 0 Å². The van der Waals surface area contributed by atoms with Crippen LogP contribution in [0.5, 0.6) is 11.5 Å². The Labute approximate surface area is 117 Å². The molecule has 19 heavy (non-hydrogen) atoms. The Morgan fingerprint density at radius 1 is 1.11 bits per heavy atom. The molecule has 0 spiro atoms. The van der Waals surface area contributed by atoms with E-state index in [1.165, 1.54) is 31.2 Å². The molecule has 0 fully saturated rings. The molecule has 106 valence electrons. The molecule has 1 N–H and O–H groups in total. The third-order valence-electron chi connectivity index (χ3n) is 3.22. The molecule has 0 atom stereocenters. The van der Waals surface area contributed by atoms with Crippen LogP contribution in [0.25, 0.3) is 0 Å². The summed E-state index contributed by atoms with van der Waals surface area (Å²) in [6.45, 7) is 2.23. The zero-order valence-electron chi connectivity index (χ0n) is 12.2. The lowest BCUT2D eigenvalue weighted by molar-refractivity contribution is 0.373. The number of unbranched alkanes of at least 4 members (excludes halogenated alkanes) is 4. The summed E-state index contributed by atoms with van der Waals surface area (Å²) < 4.78 is 5.10. The lowest BCUT2D eigenvalue weighted by atomic mass is 10.1. The van der Waals surface area contributed by atoms with Crippen molar-refractivity contribution >= 4 is 0 Å². The van der Waals surface area contributed by atoms with Crippen molar-refractivity contribution in [3.63, 3.8) is 0 Å². The fraction of sp³-hybridized carbons (Fsp3) is 0.529. The minimum Gasteiger partial charge on any atom is -0.504 e. The molecule has 2 nitrogen and oxygen atoms in total. The van der Waals surface area contributed by atoms with Gasteiger partial charge in [-0.3, -0.25) is 0 Å². The lowest BCUT2D eigenvalue weighted by Gasteiger charge is -2.05. The summed E-state index contributed by atoms with van der Waals surface area (Å²) in [6, 6.07) is 5.58. The van der Waals surface area contributed by atoms with Gasteiger partial charge in [-0.1, -0.05) is 38.0 Å². The van der Waals surface area contributed by atoms with Crippen molar-refractivity contribution in [2.24, 2.45) is 0 Å². The predicted octanol–water partition coefficient (Wildman–Crippen LogP) is 4.86. The van der Waals surface area contributed by atoms with E-state index in [1.54, 1.807) is 13.2 Å². The van der Waals surface area contributed by atoms with E-state index in [1.807, 2.05) is 12.1 Å². The fourth-order valence-electron chi connectivity index (χ4n) is 2.05. The molecule has 0 amide bonds. The number of rotatable bonds is 9. The smallest absolute Gasteiger partial charge is 0.160 e. The summed E-state index contributed by atoms with van der Waals surface area (Å²) in [4.78, 5) is 0. The number of allylic oxidation sites excluding steroid dienone is 2. The van der Waals surface area contributed by atoms with Gasteiger partial charge in [0, 0.05) is 0 Å². The number of phenols is 1. The number of aromatic hydroxyl groups is 1. The number of hydrogen-bond acceptors (Lipinski definition) is 2. The Balaban J connectivity index is 2.22. The largest absolute Gasteiger partial charge is 0.504 e. The molecular formula is C17H26O2. The zero-order chi connectivity index (χ0) is 13.9. The molecule has 0 saturated carbocycles. The van der Waals surface area contributed by atoms with E-state index < -0.39 is 0 Å². The lowest BCUT2D eigenvalue weighted by Crippen LogP contribution is -1.88. The highest BCUT2D eigenvalue weighted by Crippen LogP contribution is 2.26. The molecule has 0 bridgehead atoms. The average Bonchev–Trinajstić information content (AvgIpc) is 2.43. The van der Waals surface area contributed by atoms with Gasteiger partial charge in [-0.15, -0.1) is 0 Å². The Morgan fingerprint density at radius 3 is 2.53 bits per heavy atom. The van der Waals surface area contributed by atoms with Crippen LogP contribution in [0.1, 0.15) is 51.0 Å². The maximum Gasteiger partial charge on any atom is 0.160 e. The molecule has 0 saturated heterocycles. The maximum absolute atomic E-state index is 9.51. The van der Waals surface area contributed by atoms with Crippen molar-refractivity contribution in [1.82, 2.24) is 0 Å². The van der Waals surface area contributed by atoms with Crippen molar-refractivity contribution in [1.29, 1.82) is 0 Å². The van der Waals surface area contributed by atoms with Crippen LogP contribution in [0.15, 0.2) is 30.4 Å². The van der Waals surface area contributed by atoms with E-state index in [4.69, 9.17) is 4.74 Å². The van der Waals surface area contributed by atoms with Crippen LogP contribution in [0.3, 0.4) is 0 Å². The molecule has 0 aromatic heterocycles. The molecule has 1 rings (SSSR count). The van der Waals surface area contributed by atoms with E-state index in [9.17, 15) is 5.11 Å². The first kappa shape index (κ1) is 15.6. The number of phenolic OH excluding ortho intramolecular Hbond substituents is 1. The van der Waals surface area contributed by atoms with E-state index in [0.29, 0.717) is 5.75 Å². The van der Waals surface area contributed by atoms with E-state index in [-0.39, 0.29) is 5.75 Å². The minimum atomic E-state index is 0.210. The Kier molecular flexibility index (Phi) is 7.80. The average molecular weight is 262 g/mol. The molecular weight excluding hydrogens is 236 g/mol. The summed E-state index contributed by atoms with van der Waals surface area (Å²) >= 11 is 0. The number of hydrogen-bond donors (Lipinski definition) is 1. The first-order chi connectivity index (χ1) is 9.27. The van der Waals surface area contributed by atoms with Crippen LogP contribution >= 0.6 is 0 Å². The van der Waals surface area contributed by atoms with E-state index in [2.05, 4.69) is 19.1 Å². The van der Waals surface area contributed by atoms with Gasteiger partial charge in [0.15, 0.2) is 11.5 Å². The molecule has 1 aromatic rings. The standard InChI is InChI=1S/C17H26O2/c1-3-4-5-6-7-8-9-10-11-15-12-13-16(18)17(14-15)19-2/h7-8,12-14,18H,3-6,9-11H2,1-2H3. The highest BCUT2D eigenvalue weighted by Gasteiger charge is 2.01. The molecule has 0 aliphatic carbocycles. The van der Waals surface area contributed by atoms with Gasteiger partial charge < -0.3 is 9.84 Å². The Bertz CT molecular complexity index is 383. The first-order valence-electron chi connectivity index (χ1n) is 7.28. The molecule has 0 aliphatic heterocycles. The summed E-state index contributed by atoms with van der Waals surface area (Å²) in [6.07, 6.45) is 13.0. The first-order valence-corrected chi connectivity index (χ1v) is 7.28. The van der Waals surface area contributed by atoms with Gasteiger partial charge >= 0.3 is 0 Å². The van der Waals surface area contributed by atoms with Gasteiger partial charge in [0.1, 0.15) is 0 Å². The normalized spacial score (nSPS) is 11.1. The molecule has 0 heterocycles. The molecule has 0 radical (unpaired) electrons. The van der Waals surface area contributed by atoms with E-state index in [0.717, 1.165) is 19.3 Å². The zero-order valence-corrected chi connectivity index (χ0v) is 12.2. The van der Waals surface area contributed by atoms with Crippen LogP contribution < -0.4 is 4.74 Å². The second-order valence-electron chi connectivity index (χ2n) is 4.87. The van der Waals surface area contributed by atoms with Crippen LogP contribution in [0.4, 0.5) is 0 Å². The van der Waals surface area contributed by atoms with Crippen molar-refractivity contribution in [2.75, 3.05) is 7.11 Å². The predicted molar refractivity (Wildman–Crippen MR) is 80.9 cm³/mol. The van der Waals surface area contributed by atoms with Crippen LogP contribution in [-0.4, -0.2) is 12.2 Å². The second-order valence-corrected chi connectivity index (χ2v) is 4.87. The van der Waals surface area contributed by atoms with E-state index >= 15 is 0 Å². The summed E-state index contributed by atoms with van der Waals surface area (Å²) in [5, 5.41) is 9.51. The number of methoxy groups -OCH3 is 1. The van der Waals surface area contributed by atoms with Crippen molar-refractivity contribution in [3.05, 3.63) is 35.9 Å². The maximum atomic E-state index is 9.51. The Hall–Kier alpha value is -1.44. The number of ether oxygens (including phenoxy) is 1. The highest BCUT2D eigenvalue weighted by molar-refractivity contribution is 5.41. The molecule has 0 aliphatic rings. The molecule has 2 heteroatoms. The van der Waals surface area contributed by atoms with Crippen LogP contribution in [0.2, 0.25) is 0 Å². The van der Waals surface area contributed by atoms with Crippen LogP contribution in [-0.2, 0) is 6.42 Å². The van der Waals surface area contributed by atoms with Crippen molar-refractivity contribution in [3.8, 4) is 11.5 Å². The number of aryl methyl sites for hydroxylation is 1. The summed E-state index contributed by atoms with van der Waals surface area (Å²) in [5.74, 6) is 0.773. The van der Waals surface area contributed by atoms with Gasteiger partial charge in [-0.2, -0.15) is 0 Å². The second kappa shape index (κ2) is 9.48. The van der Waals surface area contributed by atoms with Gasteiger partial charge in [-0.25, -0.2) is 0 Å². The van der Waals surface area contributed by atoms with Crippen molar-refractivity contribution in [2.45, 2.75) is 51.9 Å². The third-order valence-corrected chi connectivity index (χ3v) is 3.22. The quantitative estimate of drug-likeness (QED) is 0.508. The SMILES string of the molecule is CCCCCC=CCCCc1ccc(O)c(OC)c1. The third kappa shape index (κ3) is 6.32. The van der Waals surface area contributed by atoms with Gasteiger partial charge in [0.2, 0.25) is 0 Å². The number of benzene rings is 1. The molecule has 0 unspecified atom stereocenters. The summed E-state index contributed by atoms with van der Waals surface area (Å²) in [5.41, 5.74) is 1.22.